The molecule has 16 nitrogen and oxygen atoms in total. The average Bonchev–Trinajstić information content (AvgIpc) is 0.886. The third kappa shape index (κ3) is 92.0. The molecule has 0 saturated carbocycles. The van der Waals surface area contributed by atoms with Gasteiger partial charge in [0.15, 0.2) is 6.10 Å². The van der Waals surface area contributed by atoms with Gasteiger partial charge >= 0.3 is 33.6 Å². The maximum Gasteiger partial charge on any atom is 0.472 e. The Balaban J connectivity index is 4.43. The van der Waals surface area contributed by atoms with Gasteiger partial charge < -0.3 is 34.2 Å². The third-order valence-corrected chi connectivity index (χ3v) is 21.9. The smallest absolute Gasteiger partial charge is 0.463 e. The fourth-order valence-electron chi connectivity index (χ4n) is 12.9. The van der Waals surface area contributed by atoms with Gasteiger partial charge in [-0.15, -0.1) is 0 Å². The van der Waals surface area contributed by atoms with Gasteiger partial charge in [0, 0.05) is 19.3 Å². The molecule has 0 aliphatic carbocycles. The quantitative estimate of drug-likeness (QED) is 0.0146. The maximum atomic E-state index is 13.0. The summed E-state index contributed by atoms with van der Waals surface area (Å²) in [6.45, 7) is 2.55. The first-order chi connectivity index (χ1) is 57.2. The van der Waals surface area contributed by atoms with E-state index < -0.39 is 91.5 Å². The number of hydrogen-bond donors (Lipinski definition) is 4. The molecule has 0 aliphatic rings. The van der Waals surface area contributed by atoms with Crippen molar-refractivity contribution in [3.8, 4) is 0 Å². The fraction of sp³-hybridized carbons (Fsp3) is 0.727. The number of aliphatic hydroxyl groups excluding tert-OH is 2. The summed E-state index contributed by atoms with van der Waals surface area (Å²) in [7, 11) is -9.80. The number of aliphatic hydroxyl groups is 2. The summed E-state index contributed by atoms with van der Waals surface area (Å²) in [5, 5.41) is 20.7. The van der Waals surface area contributed by atoms with E-state index in [0.29, 0.717) is 19.3 Å². The molecule has 5 atom stereocenters. The molecule has 0 aliphatic heterocycles. The molecule has 0 spiro atoms. The van der Waals surface area contributed by atoms with Crippen molar-refractivity contribution in [2.24, 2.45) is 0 Å². The summed E-state index contributed by atoms with van der Waals surface area (Å²) in [5.74, 6) is -1.58. The average molecular weight is 1680 g/mol. The van der Waals surface area contributed by atoms with E-state index in [9.17, 15) is 43.5 Å². The van der Waals surface area contributed by atoms with E-state index in [0.717, 1.165) is 141 Å². The molecule has 0 amide bonds. The predicted molar refractivity (Wildman–Crippen MR) is 491 cm³/mol. The second-order valence-electron chi connectivity index (χ2n) is 31.4. The highest BCUT2D eigenvalue weighted by Gasteiger charge is 2.30. The van der Waals surface area contributed by atoms with Crippen LogP contribution in [-0.2, 0) is 55.8 Å². The summed E-state index contributed by atoms with van der Waals surface area (Å²) in [6, 6.07) is 0. The molecule has 0 aromatic carbocycles. The minimum Gasteiger partial charge on any atom is -0.463 e. The number of carbonyl (C=O) groups is 3. The fourth-order valence-corrected chi connectivity index (χ4v) is 14.5. The molecule has 674 valence electrons. The predicted octanol–water partition coefficient (Wildman–Crippen LogP) is 29.1. The van der Waals surface area contributed by atoms with Gasteiger partial charge in [0.25, 0.3) is 0 Å². The molecule has 18 heteroatoms. The molecule has 117 heavy (non-hydrogen) atoms. The van der Waals surface area contributed by atoms with Gasteiger partial charge in [-0.1, -0.05) is 385 Å². The van der Waals surface area contributed by atoms with Crippen molar-refractivity contribution >= 4 is 33.6 Å². The maximum absolute atomic E-state index is 13.0. The van der Waals surface area contributed by atoms with Gasteiger partial charge in [0.05, 0.1) is 26.4 Å². The molecule has 0 aromatic rings. The van der Waals surface area contributed by atoms with Crippen LogP contribution in [-0.4, -0.2) is 95.9 Å². The Morgan fingerprint density at radius 1 is 0.248 bits per heavy atom. The second-order valence-corrected chi connectivity index (χ2v) is 34.3. The lowest BCUT2D eigenvalue weighted by Gasteiger charge is -2.21. The molecule has 0 saturated heterocycles. The van der Waals surface area contributed by atoms with E-state index in [2.05, 4.69) is 167 Å². The van der Waals surface area contributed by atoms with Crippen molar-refractivity contribution in [3.05, 3.63) is 146 Å². The van der Waals surface area contributed by atoms with Crippen LogP contribution < -0.4 is 0 Å². The first-order valence-electron chi connectivity index (χ1n) is 47.1. The zero-order valence-corrected chi connectivity index (χ0v) is 76.1. The van der Waals surface area contributed by atoms with Crippen LogP contribution in [0.3, 0.4) is 0 Å². The Hall–Kier alpha value is -4.57. The first kappa shape index (κ1) is 112. The second kappa shape index (κ2) is 90.7. The van der Waals surface area contributed by atoms with E-state index in [-0.39, 0.29) is 19.3 Å². The largest absolute Gasteiger partial charge is 0.472 e. The summed E-state index contributed by atoms with van der Waals surface area (Å²) < 4.78 is 61.4. The van der Waals surface area contributed by atoms with E-state index in [4.69, 9.17) is 32.3 Å². The Bertz CT molecular complexity index is 2710. The highest BCUT2D eigenvalue weighted by Crippen LogP contribution is 2.45. The zero-order valence-electron chi connectivity index (χ0n) is 74.3. The minimum atomic E-state index is -4.94. The van der Waals surface area contributed by atoms with Crippen molar-refractivity contribution in [2.45, 2.75) is 424 Å². The number of rotatable bonds is 89. The highest BCUT2D eigenvalue weighted by atomic mass is 31.2. The minimum absolute atomic E-state index is 0.0884. The van der Waals surface area contributed by atoms with Crippen LogP contribution in [0.5, 0.6) is 0 Å². The molecule has 0 radical (unpaired) electrons. The SMILES string of the molecule is CC/C=C\C/C=C\C/C=C\C/C=C\C/C=C\C/C=C\CCCCCCCCCCCCCCCCCCC(=O)OCC(O)COP(=O)(O)OCC(O)COP(=O)(O)OCC(COC(=O)CCCCCCCCCCCCCCCCC/C=C\C/C=C\C/C=C\C/C=C\CCCCC)OC(=O)CCCCCCC/C=C\C/C=C\CCCCC. The van der Waals surface area contributed by atoms with Crippen LogP contribution in [0.1, 0.15) is 406 Å². The van der Waals surface area contributed by atoms with Gasteiger partial charge in [-0.25, -0.2) is 9.13 Å². The molecule has 4 N–H and O–H groups in total. The van der Waals surface area contributed by atoms with Gasteiger partial charge in [0.2, 0.25) is 0 Å². The number of allylic oxidation sites excluding steroid dienone is 24. The molecule has 0 bridgehead atoms. The Labute approximate surface area is 715 Å². The Morgan fingerprint density at radius 2 is 0.453 bits per heavy atom. The van der Waals surface area contributed by atoms with Crippen molar-refractivity contribution < 1.29 is 75.8 Å². The van der Waals surface area contributed by atoms with E-state index in [1.807, 2.05) is 0 Å². The molecule has 5 unspecified atom stereocenters. The number of ether oxygens (including phenoxy) is 3. The van der Waals surface area contributed by atoms with Crippen LogP contribution in [0.2, 0.25) is 0 Å². The summed E-state index contributed by atoms with van der Waals surface area (Å²) in [6.07, 6.45) is 115. The molecular formula is C99H172O16P2. The van der Waals surface area contributed by atoms with Crippen molar-refractivity contribution in [1.82, 2.24) is 0 Å². The molecule has 0 fully saturated rings. The number of esters is 3. The number of phosphoric acid groups is 2. The van der Waals surface area contributed by atoms with Crippen LogP contribution in [0.4, 0.5) is 0 Å². The number of unbranched alkanes of at least 4 members (excludes halogenated alkanes) is 42. The Morgan fingerprint density at radius 3 is 0.718 bits per heavy atom. The molecule has 0 rings (SSSR count). The topological polar surface area (TPSA) is 231 Å². The summed E-state index contributed by atoms with van der Waals surface area (Å²) in [4.78, 5) is 58.9. The van der Waals surface area contributed by atoms with Crippen molar-refractivity contribution in [2.75, 3.05) is 39.6 Å². The molecule has 0 heterocycles. The lowest BCUT2D eigenvalue weighted by Crippen LogP contribution is -2.30. The van der Waals surface area contributed by atoms with Gasteiger partial charge in [-0.05, 0) is 148 Å². The number of phosphoric ester groups is 2. The van der Waals surface area contributed by atoms with Crippen molar-refractivity contribution in [3.63, 3.8) is 0 Å². The van der Waals surface area contributed by atoms with E-state index >= 15 is 0 Å². The van der Waals surface area contributed by atoms with Gasteiger partial charge in [-0.2, -0.15) is 0 Å². The van der Waals surface area contributed by atoms with E-state index in [1.165, 1.54) is 205 Å². The van der Waals surface area contributed by atoms with Gasteiger partial charge in [0.1, 0.15) is 25.4 Å². The first-order valence-corrected chi connectivity index (χ1v) is 50.1. The highest BCUT2D eigenvalue weighted by molar-refractivity contribution is 7.47. The van der Waals surface area contributed by atoms with Crippen LogP contribution in [0.15, 0.2) is 146 Å². The van der Waals surface area contributed by atoms with E-state index in [1.54, 1.807) is 0 Å². The molecule has 0 aromatic heterocycles. The summed E-state index contributed by atoms with van der Waals surface area (Å²) in [5.41, 5.74) is 0. The van der Waals surface area contributed by atoms with Crippen LogP contribution in [0, 0.1) is 0 Å². The lowest BCUT2D eigenvalue weighted by atomic mass is 10.0. The Kier molecular flexibility index (Phi) is 87.1. The van der Waals surface area contributed by atoms with Crippen LogP contribution >= 0.6 is 15.6 Å². The zero-order chi connectivity index (χ0) is 85.1. The normalized spacial score (nSPS) is 14.4. The molecular weight excluding hydrogens is 1510 g/mol. The van der Waals surface area contributed by atoms with Crippen LogP contribution in [0.25, 0.3) is 0 Å². The monoisotopic (exact) mass is 1680 g/mol. The lowest BCUT2D eigenvalue weighted by molar-refractivity contribution is -0.161. The van der Waals surface area contributed by atoms with Gasteiger partial charge in [-0.3, -0.25) is 32.5 Å². The number of carbonyl (C=O) groups excluding carboxylic acids is 3. The standard InChI is InChI=1S/C99H172O16P2/c1-4-7-10-13-16-19-22-25-28-30-32-34-36-38-40-42-44-45-46-47-49-51-52-54-56-58-60-62-65-67-70-73-76-79-82-85-97(102)109-88-94(100)89-111-116(105,106)112-90-95(101)91-113-117(107,108)114-93-96(115-99(104)87-84-81-78-75-72-69-64-27-24-21-18-15-12-9-6-3)92-110-98(103)86-83-80-77-74-71-68-66-63-61-59-57-55-53-50-48-43-41-39-37-35-33-31-29-26-23-20-17-14-11-8-5-2/h7,10,16-21,25-29,32-35,38-41,44-45,64,94-96,100-101H,4-6,8-9,11-15,22-24,30-31,36-37,42-43,46-63,65-93H2,1-3H3,(H,105,106)(H,107,108)/b10-7-,19-16-,20-17-,21-18-,28-25-,29-26-,34-32-,35-33-,40-38-,41-39-,45-44-,64-27-. The third-order valence-electron chi connectivity index (χ3n) is 20.0. The van der Waals surface area contributed by atoms with Crippen molar-refractivity contribution in [1.29, 1.82) is 0 Å². The summed E-state index contributed by atoms with van der Waals surface area (Å²) >= 11 is 0. The number of hydrogen-bond acceptors (Lipinski definition) is 14.